The first-order chi connectivity index (χ1) is 12.8. The van der Waals surface area contributed by atoms with Crippen LogP contribution in [0.2, 0.25) is 0 Å². The molecule has 9 heteroatoms. The van der Waals surface area contributed by atoms with Gasteiger partial charge in [-0.2, -0.15) is 0 Å². The molecule has 0 radical (unpaired) electrons. The van der Waals surface area contributed by atoms with Gasteiger partial charge in [0.1, 0.15) is 5.69 Å². The van der Waals surface area contributed by atoms with E-state index in [1.54, 1.807) is 6.92 Å². The quantitative estimate of drug-likeness (QED) is 0.687. The highest BCUT2D eigenvalue weighted by Gasteiger charge is 2.25. The first-order valence-corrected chi connectivity index (χ1v) is 9.74. The van der Waals surface area contributed by atoms with E-state index in [1.165, 1.54) is 36.5 Å². The van der Waals surface area contributed by atoms with Crippen molar-refractivity contribution in [1.29, 1.82) is 0 Å². The van der Waals surface area contributed by atoms with Crippen LogP contribution in [0.4, 0.5) is 5.69 Å². The molecule has 0 aliphatic heterocycles. The molecule has 1 aromatic carbocycles. The molecule has 0 spiro atoms. The van der Waals surface area contributed by atoms with Gasteiger partial charge in [-0.3, -0.25) is 4.31 Å². The van der Waals surface area contributed by atoms with E-state index in [1.807, 2.05) is 6.92 Å². The van der Waals surface area contributed by atoms with E-state index in [-0.39, 0.29) is 35.0 Å². The second kappa shape index (κ2) is 8.63. The minimum Gasteiger partial charge on any atom is -0.478 e. The number of carbonyl (C=O) groups is 2. The second-order valence-corrected chi connectivity index (χ2v) is 7.39. The van der Waals surface area contributed by atoms with Crippen LogP contribution in [0.15, 0.2) is 47.5 Å². The highest BCUT2D eigenvalue weighted by atomic mass is 32.2. The third kappa shape index (κ3) is 4.62. The van der Waals surface area contributed by atoms with Gasteiger partial charge in [0.05, 0.1) is 29.0 Å². The Kier molecular flexibility index (Phi) is 6.51. The summed E-state index contributed by atoms with van der Waals surface area (Å²) in [5.74, 6) is -1.81. The van der Waals surface area contributed by atoms with Crippen LogP contribution in [-0.2, 0) is 14.8 Å². The van der Waals surface area contributed by atoms with Crippen LogP contribution >= 0.6 is 0 Å². The molecule has 0 amide bonds. The molecule has 0 aliphatic rings. The van der Waals surface area contributed by atoms with E-state index in [0.717, 1.165) is 10.4 Å². The van der Waals surface area contributed by atoms with Crippen molar-refractivity contribution >= 4 is 27.6 Å². The van der Waals surface area contributed by atoms with Crippen LogP contribution in [-0.4, -0.2) is 43.6 Å². The summed E-state index contributed by atoms with van der Waals surface area (Å²) in [5, 5.41) is 9.10. The molecule has 144 valence electrons. The summed E-state index contributed by atoms with van der Waals surface area (Å²) in [5.41, 5.74) is 0.219. The fourth-order valence-corrected chi connectivity index (χ4v) is 3.96. The summed E-state index contributed by atoms with van der Waals surface area (Å²) >= 11 is 0. The molecule has 0 aliphatic carbocycles. The fraction of sp³-hybridized carbons (Fsp3) is 0.278. The molecule has 1 heterocycles. The summed E-state index contributed by atoms with van der Waals surface area (Å²) in [6.07, 6.45) is 1.80. The average molecular weight is 392 g/mol. The Morgan fingerprint density at radius 2 is 1.93 bits per heavy atom. The number of hydrogen-bond acceptors (Lipinski definition) is 6. The van der Waals surface area contributed by atoms with E-state index < -0.39 is 22.0 Å². The number of aromatic carboxylic acids is 1. The minimum atomic E-state index is -4.00. The van der Waals surface area contributed by atoms with Gasteiger partial charge in [-0.15, -0.1) is 0 Å². The zero-order valence-corrected chi connectivity index (χ0v) is 15.8. The van der Waals surface area contributed by atoms with Crippen molar-refractivity contribution in [2.45, 2.75) is 25.2 Å². The lowest BCUT2D eigenvalue weighted by Gasteiger charge is -2.24. The second-order valence-electron chi connectivity index (χ2n) is 5.53. The molecule has 1 N–H and O–H groups in total. The number of anilines is 1. The zero-order valence-electron chi connectivity index (χ0n) is 15.0. The predicted molar refractivity (Wildman–Crippen MR) is 98.4 cm³/mol. The van der Waals surface area contributed by atoms with Crippen molar-refractivity contribution in [2.24, 2.45) is 0 Å². The third-order valence-corrected chi connectivity index (χ3v) is 5.44. The summed E-state index contributed by atoms with van der Waals surface area (Å²) in [6.45, 7) is 3.86. The standard InChI is InChI=1S/C18H20N2O6S/c1-3-10-20(14-8-9-16(19-12-14)18(23)26-4-2)27(24,25)15-7-5-6-13(11-15)17(21)22/h5-9,11-12H,3-4,10H2,1-2H3,(H,21,22). The van der Waals surface area contributed by atoms with Crippen LogP contribution in [0.3, 0.4) is 0 Å². The topological polar surface area (TPSA) is 114 Å². The van der Waals surface area contributed by atoms with Crippen LogP contribution in [0, 0.1) is 0 Å². The molecule has 0 saturated heterocycles. The molecule has 2 aromatic rings. The lowest BCUT2D eigenvalue weighted by Crippen LogP contribution is -2.32. The summed E-state index contributed by atoms with van der Waals surface area (Å²) in [4.78, 5) is 26.7. The number of ether oxygens (including phenoxy) is 1. The minimum absolute atomic E-state index is 0.0716. The number of rotatable bonds is 8. The van der Waals surface area contributed by atoms with Gasteiger partial charge >= 0.3 is 11.9 Å². The van der Waals surface area contributed by atoms with Crippen molar-refractivity contribution < 1.29 is 27.9 Å². The number of nitrogens with zero attached hydrogens (tertiary/aromatic N) is 2. The van der Waals surface area contributed by atoms with Crippen molar-refractivity contribution in [3.8, 4) is 0 Å². The van der Waals surface area contributed by atoms with Crippen molar-refractivity contribution in [3.63, 3.8) is 0 Å². The number of esters is 1. The lowest BCUT2D eigenvalue weighted by molar-refractivity contribution is 0.0519. The van der Waals surface area contributed by atoms with Crippen molar-refractivity contribution in [1.82, 2.24) is 4.98 Å². The van der Waals surface area contributed by atoms with Gasteiger partial charge in [0.2, 0.25) is 0 Å². The number of carboxylic acid groups (broad SMARTS) is 1. The number of pyridine rings is 1. The number of carboxylic acids is 1. The van der Waals surface area contributed by atoms with E-state index in [4.69, 9.17) is 9.84 Å². The zero-order chi connectivity index (χ0) is 20.0. The smallest absolute Gasteiger partial charge is 0.356 e. The van der Waals surface area contributed by atoms with Gasteiger partial charge in [-0.05, 0) is 43.7 Å². The Bertz CT molecular complexity index is 925. The SMILES string of the molecule is CCCN(c1ccc(C(=O)OCC)nc1)S(=O)(=O)c1cccc(C(=O)O)c1. The molecule has 0 unspecified atom stereocenters. The third-order valence-electron chi connectivity index (χ3n) is 3.62. The molecular weight excluding hydrogens is 372 g/mol. The number of carbonyl (C=O) groups excluding carboxylic acids is 1. The molecule has 0 saturated carbocycles. The number of sulfonamides is 1. The van der Waals surface area contributed by atoms with E-state index >= 15 is 0 Å². The molecule has 27 heavy (non-hydrogen) atoms. The monoisotopic (exact) mass is 392 g/mol. The first kappa shape index (κ1) is 20.4. The fourth-order valence-electron chi connectivity index (χ4n) is 2.37. The first-order valence-electron chi connectivity index (χ1n) is 8.30. The molecule has 0 fully saturated rings. The number of benzene rings is 1. The van der Waals surface area contributed by atoms with Gasteiger partial charge in [0.15, 0.2) is 0 Å². The van der Waals surface area contributed by atoms with Gasteiger partial charge < -0.3 is 9.84 Å². The Morgan fingerprint density at radius 1 is 1.19 bits per heavy atom. The molecule has 0 atom stereocenters. The van der Waals surface area contributed by atoms with E-state index in [0.29, 0.717) is 6.42 Å². The van der Waals surface area contributed by atoms with Crippen molar-refractivity contribution in [2.75, 3.05) is 17.5 Å². The Hall–Kier alpha value is -2.94. The van der Waals surface area contributed by atoms with E-state index in [2.05, 4.69) is 4.98 Å². The largest absolute Gasteiger partial charge is 0.478 e. The van der Waals surface area contributed by atoms with Crippen LogP contribution in [0.1, 0.15) is 41.1 Å². The Balaban J connectivity index is 2.42. The maximum atomic E-state index is 13.0. The summed E-state index contributed by atoms with van der Waals surface area (Å²) in [6, 6.07) is 8.00. The summed E-state index contributed by atoms with van der Waals surface area (Å²) in [7, 11) is -4.00. The molecule has 2 rings (SSSR count). The van der Waals surface area contributed by atoms with Gasteiger partial charge in [0, 0.05) is 6.54 Å². The maximum absolute atomic E-state index is 13.0. The van der Waals surface area contributed by atoms with Crippen LogP contribution < -0.4 is 4.31 Å². The highest BCUT2D eigenvalue weighted by Crippen LogP contribution is 2.24. The highest BCUT2D eigenvalue weighted by molar-refractivity contribution is 7.92. The average Bonchev–Trinajstić information content (AvgIpc) is 2.66. The molecule has 1 aromatic heterocycles. The lowest BCUT2D eigenvalue weighted by atomic mass is 10.2. The normalized spacial score (nSPS) is 11.0. The number of hydrogen-bond donors (Lipinski definition) is 1. The Morgan fingerprint density at radius 3 is 2.48 bits per heavy atom. The summed E-state index contributed by atoms with van der Waals surface area (Å²) < 4.78 is 32.1. The van der Waals surface area contributed by atoms with Crippen LogP contribution in [0.25, 0.3) is 0 Å². The van der Waals surface area contributed by atoms with Gasteiger partial charge in [-0.25, -0.2) is 23.0 Å². The molecular formula is C18H20N2O6S. The molecule has 0 bridgehead atoms. The predicted octanol–water partition coefficient (Wildman–Crippen LogP) is 2.56. The molecule has 8 nitrogen and oxygen atoms in total. The van der Waals surface area contributed by atoms with Crippen molar-refractivity contribution in [3.05, 3.63) is 53.9 Å². The maximum Gasteiger partial charge on any atom is 0.356 e. The van der Waals surface area contributed by atoms with E-state index in [9.17, 15) is 18.0 Å². The number of aromatic nitrogens is 1. The van der Waals surface area contributed by atoms with Crippen LogP contribution in [0.5, 0.6) is 0 Å². The Labute approximate surface area is 157 Å². The van der Waals surface area contributed by atoms with Gasteiger partial charge in [0.25, 0.3) is 10.0 Å². The van der Waals surface area contributed by atoms with Gasteiger partial charge in [-0.1, -0.05) is 13.0 Å².